The average Bonchev–Trinajstić information content (AvgIpc) is 3.32. The van der Waals surface area contributed by atoms with Gasteiger partial charge in [0.15, 0.2) is 5.69 Å². The van der Waals surface area contributed by atoms with Crippen molar-refractivity contribution < 1.29 is 8.98 Å². The molecule has 4 aromatic heterocycles. The lowest BCUT2D eigenvalue weighted by molar-refractivity contribution is -0.650. The van der Waals surface area contributed by atoms with Crippen LogP contribution in [-0.2, 0) is 7.05 Å². The molecule has 0 spiro atoms. The Labute approximate surface area is 166 Å². The maximum atomic E-state index is 5.86. The average molecular weight is 375 g/mol. The molecule has 7 rings (SSSR count). The Hall–Kier alpha value is -3.59. The van der Waals surface area contributed by atoms with Gasteiger partial charge in [0.25, 0.3) is 0 Å². The van der Waals surface area contributed by atoms with Crippen LogP contribution in [0, 0.1) is 13.8 Å². The molecule has 0 fully saturated rings. The van der Waals surface area contributed by atoms with Gasteiger partial charge < -0.3 is 8.82 Å². The van der Waals surface area contributed by atoms with E-state index >= 15 is 0 Å². The number of hydrogen-bond donors (Lipinski definition) is 0. The maximum Gasteiger partial charge on any atom is 0.238 e. The van der Waals surface area contributed by atoms with Gasteiger partial charge in [0.05, 0.1) is 22.7 Å². The van der Waals surface area contributed by atoms with Crippen molar-refractivity contribution in [3.63, 3.8) is 0 Å². The number of para-hydroxylation sites is 1. The van der Waals surface area contributed by atoms with Crippen LogP contribution in [-0.4, -0.2) is 4.40 Å². The Morgan fingerprint density at radius 1 is 0.793 bits per heavy atom. The van der Waals surface area contributed by atoms with E-state index in [0.29, 0.717) is 0 Å². The molecule has 3 nitrogen and oxygen atoms in total. The second-order valence-corrected chi connectivity index (χ2v) is 8.22. The van der Waals surface area contributed by atoms with Gasteiger partial charge >= 0.3 is 0 Å². The Morgan fingerprint density at radius 2 is 1.66 bits per heavy atom. The highest BCUT2D eigenvalue weighted by Crippen LogP contribution is 2.42. The minimum atomic E-state index is 0.938. The lowest BCUT2D eigenvalue weighted by Crippen LogP contribution is -2.33. The van der Waals surface area contributed by atoms with E-state index in [1.54, 1.807) is 6.26 Å². The summed E-state index contributed by atoms with van der Waals surface area (Å²) in [5.41, 5.74) is 8.55. The van der Waals surface area contributed by atoms with E-state index in [-0.39, 0.29) is 0 Å². The molecule has 0 aliphatic heterocycles. The minimum absolute atomic E-state index is 0.938. The van der Waals surface area contributed by atoms with Crippen LogP contribution in [0.4, 0.5) is 0 Å². The SMILES string of the molecule is Cc1ccc2c3ccoc3cc3c2c1c1c2c(cc(C)[n+]1C)c1ccccc1n32. The van der Waals surface area contributed by atoms with Gasteiger partial charge in [0.2, 0.25) is 5.52 Å². The highest BCUT2D eigenvalue weighted by atomic mass is 16.3. The molecule has 3 heteroatoms. The number of pyridine rings is 2. The van der Waals surface area contributed by atoms with Crippen LogP contribution >= 0.6 is 0 Å². The summed E-state index contributed by atoms with van der Waals surface area (Å²) in [6.07, 6.45) is 1.80. The smallest absolute Gasteiger partial charge is 0.238 e. The normalized spacial score (nSPS) is 12.7. The van der Waals surface area contributed by atoms with Gasteiger partial charge in [0.1, 0.15) is 18.1 Å². The predicted octanol–water partition coefficient (Wildman–Crippen LogP) is 6.18. The van der Waals surface area contributed by atoms with Crippen molar-refractivity contribution >= 4 is 60.0 Å². The van der Waals surface area contributed by atoms with Crippen LogP contribution in [0.25, 0.3) is 60.0 Å². The van der Waals surface area contributed by atoms with Crippen molar-refractivity contribution in [2.45, 2.75) is 13.8 Å². The molecule has 0 bridgehead atoms. The van der Waals surface area contributed by atoms with E-state index in [4.69, 9.17) is 4.42 Å². The number of aromatic nitrogens is 2. The van der Waals surface area contributed by atoms with Crippen molar-refractivity contribution in [1.82, 2.24) is 4.40 Å². The topological polar surface area (TPSA) is 21.4 Å². The lowest BCUT2D eigenvalue weighted by atomic mass is 9.96. The molecular weight excluding hydrogens is 356 g/mol. The third-order valence-electron chi connectivity index (χ3n) is 6.76. The summed E-state index contributed by atoms with van der Waals surface area (Å²) >= 11 is 0. The summed E-state index contributed by atoms with van der Waals surface area (Å²) in [5.74, 6) is 0. The fourth-order valence-corrected chi connectivity index (χ4v) is 5.35. The lowest BCUT2D eigenvalue weighted by Gasteiger charge is -2.14. The van der Waals surface area contributed by atoms with Crippen LogP contribution < -0.4 is 4.57 Å². The highest BCUT2D eigenvalue weighted by Gasteiger charge is 2.26. The van der Waals surface area contributed by atoms with Crippen LogP contribution in [0.2, 0.25) is 0 Å². The zero-order valence-corrected chi connectivity index (χ0v) is 16.6. The molecule has 4 heterocycles. The van der Waals surface area contributed by atoms with Crippen LogP contribution in [0.5, 0.6) is 0 Å². The Bertz CT molecular complexity index is 1780. The molecule has 0 amide bonds. The van der Waals surface area contributed by atoms with Crippen molar-refractivity contribution in [2.24, 2.45) is 7.05 Å². The molecule has 0 saturated carbocycles. The van der Waals surface area contributed by atoms with Gasteiger partial charge in [-0.2, -0.15) is 4.57 Å². The first kappa shape index (κ1) is 15.3. The molecule has 138 valence electrons. The molecule has 0 unspecified atom stereocenters. The Kier molecular flexibility index (Phi) is 2.58. The molecule has 0 atom stereocenters. The molecule has 0 N–H and O–H groups in total. The summed E-state index contributed by atoms with van der Waals surface area (Å²) in [4.78, 5) is 0. The van der Waals surface area contributed by atoms with E-state index in [9.17, 15) is 0 Å². The first-order chi connectivity index (χ1) is 14.1. The summed E-state index contributed by atoms with van der Waals surface area (Å²) in [7, 11) is 2.19. The zero-order valence-electron chi connectivity index (χ0n) is 16.6. The number of furan rings is 1. The van der Waals surface area contributed by atoms with E-state index < -0.39 is 0 Å². The van der Waals surface area contributed by atoms with E-state index in [0.717, 1.165) is 5.58 Å². The third-order valence-corrected chi connectivity index (χ3v) is 6.76. The van der Waals surface area contributed by atoms with Gasteiger partial charge in [0, 0.05) is 40.6 Å². The second-order valence-electron chi connectivity index (χ2n) is 8.22. The molecule has 0 aliphatic rings. The number of fused-ring (bicyclic) bond motifs is 7. The molecule has 0 saturated heterocycles. The van der Waals surface area contributed by atoms with Crippen molar-refractivity contribution in [3.8, 4) is 0 Å². The number of hydrogen-bond acceptors (Lipinski definition) is 1. The fourth-order valence-electron chi connectivity index (χ4n) is 5.35. The highest BCUT2D eigenvalue weighted by molar-refractivity contribution is 6.29. The van der Waals surface area contributed by atoms with Gasteiger partial charge in [-0.25, -0.2) is 0 Å². The number of rotatable bonds is 0. The summed E-state index contributed by atoms with van der Waals surface area (Å²) in [5, 5.41) is 7.70. The van der Waals surface area contributed by atoms with E-state index in [1.807, 2.05) is 0 Å². The summed E-state index contributed by atoms with van der Waals surface area (Å²) in [6, 6.07) is 19.9. The van der Waals surface area contributed by atoms with E-state index in [1.165, 1.54) is 65.6 Å². The Morgan fingerprint density at radius 3 is 2.55 bits per heavy atom. The Balaban J connectivity index is 2.02. The second kappa shape index (κ2) is 4.87. The largest absolute Gasteiger partial charge is 0.464 e. The minimum Gasteiger partial charge on any atom is -0.464 e. The molecular formula is C26H19N2O+. The van der Waals surface area contributed by atoms with Gasteiger partial charge in [-0.05, 0) is 30.0 Å². The van der Waals surface area contributed by atoms with Gasteiger partial charge in [-0.3, -0.25) is 0 Å². The maximum absolute atomic E-state index is 5.86. The zero-order chi connectivity index (χ0) is 19.4. The van der Waals surface area contributed by atoms with Gasteiger partial charge in [-0.1, -0.05) is 30.3 Å². The van der Waals surface area contributed by atoms with Crippen molar-refractivity contribution in [1.29, 1.82) is 0 Å². The fraction of sp³-hybridized carbons (Fsp3) is 0.115. The van der Waals surface area contributed by atoms with Crippen LogP contribution in [0.15, 0.2) is 65.3 Å². The standard InChI is InChI=1S/C26H19N2O/c1-14-8-9-18-17-10-11-29-22(17)13-21-24(18)23(14)26-25-19(12-15(2)27(26)3)16-6-4-5-7-20(16)28(21)25/h4-13H,1-3H3/q+1. The summed E-state index contributed by atoms with van der Waals surface area (Å²) in [6.45, 7) is 4.43. The van der Waals surface area contributed by atoms with Crippen LogP contribution in [0.1, 0.15) is 11.3 Å². The molecule has 7 aromatic rings. The monoisotopic (exact) mass is 375 g/mol. The quantitative estimate of drug-likeness (QED) is 0.176. The first-order valence-corrected chi connectivity index (χ1v) is 10.0. The van der Waals surface area contributed by atoms with Crippen molar-refractivity contribution in [2.75, 3.05) is 0 Å². The molecule has 3 aromatic carbocycles. The summed E-state index contributed by atoms with van der Waals surface area (Å²) < 4.78 is 10.6. The van der Waals surface area contributed by atoms with E-state index in [2.05, 4.69) is 84.5 Å². The molecule has 0 radical (unpaired) electrons. The van der Waals surface area contributed by atoms with Crippen LogP contribution in [0.3, 0.4) is 0 Å². The third kappa shape index (κ3) is 1.64. The predicted molar refractivity (Wildman–Crippen MR) is 119 cm³/mol. The molecule has 29 heavy (non-hydrogen) atoms. The van der Waals surface area contributed by atoms with Crippen molar-refractivity contribution in [3.05, 3.63) is 72.1 Å². The number of nitrogens with zero attached hydrogens (tertiary/aromatic N) is 2. The van der Waals surface area contributed by atoms with Gasteiger partial charge in [-0.15, -0.1) is 0 Å². The number of benzene rings is 3. The molecule has 0 aliphatic carbocycles. The number of aryl methyl sites for hydroxylation is 3. The first-order valence-electron chi connectivity index (χ1n) is 10.0.